The van der Waals surface area contributed by atoms with Gasteiger partial charge in [0.2, 0.25) is 0 Å². The number of fused-ring (bicyclic) bond motifs is 1. The van der Waals surface area contributed by atoms with Crippen LogP contribution in [-0.2, 0) is 19.3 Å². The van der Waals surface area contributed by atoms with E-state index in [1.165, 1.54) is 60.8 Å². The summed E-state index contributed by atoms with van der Waals surface area (Å²) in [6.07, 6.45) is 9.76. The number of piperidine rings is 1. The van der Waals surface area contributed by atoms with Crippen molar-refractivity contribution in [2.75, 3.05) is 13.7 Å². The Morgan fingerprint density at radius 2 is 1.90 bits per heavy atom. The molecule has 1 heterocycles. The number of halogens is 1. The van der Waals surface area contributed by atoms with Gasteiger partial charge < -0.3 is 10.1 Å². The number of methoxy groups -OCH3 is 1. The van der Waals surface area contributed by atoms with Gasteiger partial charge in [0.15, 0.2) is 0 Å². The molecule has 2 aliphatic rings. The summed E-state index contributed by atoms with van der Waals surface area (Å²) in [4.78, 5) is 0. The Bertz CT molecular complexity index is 521. The maximum Gasteiger partial charge on any atom is 0.141 e. The van der Waals surface area contributed by atoms with Crippen LogP contribution in [0.25, 0.3) is 0 Å². The van der Waals surface area contributed by atoms with Crippen LogP contribution >= 0.6 is 11.6 Å². The smallest absolute Gasteiger partial charge is 0.141 e. The molecule has 0 radical (unpaired) electrons. The largest absolute Gasteiger partial charge is 0.495 e. The molecule has 2 nitrogen and oxygen atoms in total. The number of ether oxygens (including phenoxy) is 1. The molecule has 3 rings (SSSR count). The van der Waals surface area contributed by atoms with Gasteiger partial charge >= 0.3 is 0 Å². The highest BCUT2D eigenvalue weighted by Gasteiger charge is 2.25. The van der Waals surface area contributed by atoms with Gasteiger partial charge in [-0.25, -0.2) is 0 Å². The van der Waals surface area contributed by atoms with E-state index in [4.69, 9.17) is 16.3 Å². The maximum atomic E-state index is 6.68. The molecule has 1 aromatic carbocycles. The van der Waals surface area contributed by atoms with Crippen LogP contribution in [0.5, 0.6) is 5.75 Å². The average molecular weight is 308 g/mol. The van der Waals surface area contributed by atoms with E-state index in [0.29, 0.717) is 6.04 Å². The van der Waals surface area contributed by atoms with Gasteiger partial charge in [-0.1, -0.05) is 18.0 Å². The first kappa shape index (κ1) is 15.2. The predicted octanol–water partition coefficient (Wildman–Crippen LogP) is 4.22. The molecule has 1 fully saturated rings. The third kappa shape index (κ3) is 2.93. The van der Waals surface area contributed by atoms with Gasteiger partial charge in [0.05, 0.1) is 12.1 Å². The second kappa shape index (κ2) is 6.58. The molecular weight excluding hydrogens is 282 g/mol. The SMILES string of the molecule is COc1c(Cl)c2c(c(C)c1CC1CCCCN1)CCCC2. The van der Waals surface area contributed by atoms with Crippen LogP contribution in [0.1, 0.15) is 54.4 Å². The number of benzene rings is 1. The second-order valence-electron chi connectivity index (χ2n) is 6.47. The first-order chi connectivity index (χ1) is 10.2. The predicted molar refractivity (Wildman–Crippen MR) is 88.7 cm³/mol. The Kier molecular flexibility index (Phi) is 4.75. The standard InChI is InChI=1S/C18H26ClNO/c1-12-14-8-3-4-9-15(14)17(19)18(21-2)16(12)11-13-7-5-6-10-20-13/h13,20H,3-11H2,1-2H3. The maximum absolute atomic E-state index is 6.68. The molecule has 0 aromatic heterocycles. The van der Waals surface area contributed by atoms with Crippen LogP contribution < -0.4 is 10.1 Å². The summed E-state index contributed by atoms with van der Waals surface area (Å²) in [7, 11) is 1.76. The van der Waals surface area contributed by atoms with Crippen molar-refractivity contribution >= 4 is 11.6 Å². The molecule has 1 atom stereocenters. The Morgan fingerprint density at radius 3 is 2.57 bits per heavy atom. The Hall–Kier alpha value is -0.730. The second-order valence-corrected chi connectivity index (χ2v) is 6.84. The summed E-state index contributed by atoms with van der Waals surface area (Å²) >= 11 is 6.68. The van der Waals surface area contributed by atoms with Crippen molar-refractivity contribution in [1.29, 1.82) is 0 Å². The molecular formula is C18H26ClNO. The molecule has 0 bridgehead atoms. The molecule has 21 heavy (non-hydrogen) atoms. The quantitative estimate of drug-likeness (QED) is 0.902. The highest BCUT2D eigenvalue weighted by Crippen LogP contribution is 2.41. The van der Waals surface area contributed by atoms with Crippen LogP contribution in [0.15, 0.2) is 0 Å². The minimum absolute atomic E-state index is 0.573. The molecule has 1 aliphatic carbocycles. The van der Waals surface area contributed by atoms with Gasteiger partial charge in [0, 0.05) is 11.6 Å². The van der Waals surface area contributed by atoms with E-state index < -0.39 is 0 Å². The van der Waals surface area contributed by atoms with Crippen LogP contribution in [0.2, 0.25) is 5.02 Å². The molecule has 0 saturated carbocycles. The van der Waals surface area contributed by atoms with Crippen LogP contribution in [0.4, 0.5) is 0 Å². The normalized spacial score (nSPS) is 22.0. The molecule has 0 amide bonds. The lowest BCUT2D eigenvalue weighted by Crippen LogP contribution is -2.36. The molecule has 116 valence electrons. The Balaban J connectivity index is 1.99. The van der Waals surface area contributed by atoms with Crippen LogP contribution in [0, 0.1) is 6.92 Å². The van der Waals surface area contributed by atoms with Crippen molar-refractivity contribution in [3.05, 3.63) is 27.3 Å². The fourth-order valence-corrected chi connectivity index (χ4v) is 4.39. The monoisotopic (exact) mass is 307 g/mol. The van der Waals surface area contributed by atoms with Crippen molar-refractivity contribution < 1.29 is 4.74 Å². The topological polar surface area (TPSA) is 21.3 Å². The van der Waals surface area contributed by atoms with E-state index in [1.54, 1.807) is 7.11 Å². The molecule has 1 aromatic rings. The average Bonchev–Trinajstić information content (AvgIpc) is 2.54. The Labute approximate surface area is 133 Å². The molecule has 0 spiro atoms. The zero-order valence-corrected chi connectivity index (χ0v) is 14.0. The highest BCUT2D eigenvalue weighted by atomic mass is 35.5. The zero-order valence-electron chi connectivity index (χ0n) is 13.2. The lowest BCUT2D eigenvalue weighted by atomic mass is 9.83. The van der Waals surface area contributed by atoms with Crippen LogP contribution in [-0.4, -0.2) is 19.7 Å². The summed E-state index contributed by atoms with van der Waals surface area (Å²) in [6.45, 7) is 3.41. The van der Waals surface area contributed by atoms with Crippen molar-refractivity contribution in [3.8, 4) is 5.75 Å². The summed E-state index contributed by atoms with van der Waals surface area (Å²) in [6, 6.07) is 0.573. The highest BCUT2D eigenvalue weighted by molar-refractivity contribution is 6.33. The van der Waals surface area contributed by atoms with Crippen molar-refractivity contribution in [2.24, 2.45) is 0 Å². The van der Waals surface area contributed by atoms with Crippen molar-refractivity contribution in [2.45, 2.75) is 64.3 Å². The fourth-order valence-electron chi connectivity index (χ4n) is 3.99. The van der Waals surface area contributed by atoms with Gasteiger partial charge in [0.1, 0.15) is 5.75 Å². The zero-order chi connectivity index (χ0) is 14.8. The minimum atomic E-state index is 0.573. The van der Waals surface area contributed by atoms with Gasteiger partial charge in [-0.05, 0) is 75.1 Å². The van der Waals surface area contributed by atoms with Crippen LogP contribution in [0.3, 0.4) is 0 Å². The van der Waals surface area contributed by atoms with Crippen molar-refractivity contribution in [1.82, 2.24) is 5.32 Å². The fraction of sp³-hybridized carbons (Fsp3) is 0.667. The summed E-state index contributed by atoms with van der Waals surface area (Å²) < 4.78 is 5.70. The van der Waals surface area contributed by atoms with Gasteiger partial charge in [-0.2, -0.15) is 0 Å². The van der Waals surface area contributed by atoms with Crippen molar-refractivity contribution in [3.63, 3.8) is 0 Å². The summed E-state index contributed by atoms with van der Waals surface area (Å²) in [5.41, 5.74) is 5.61. The number of hydrogen-bond donors (Lipinski definition) is 1. The lowest BCUT2D eigenvalue weighted by molar-refractivity contribution is 0.380. The molecule has 3 heteroatoms. The summed E-state index contributed by atoms with van der Waals surface area (Å²) in [5.74, 6) is 0.933. The van der Waals surface area contributed by atoms with E-state index in [-0.39, 0.29) is 0 Å². The van der Waals surface area contributed by atoms with Gasteiger partial charge in [0.25, 0.3) is 0 Å². The molecule has 1 aliphatic heterocycles. The first-order valence-electron chi connectivity index (χ1n) is 8.32. The molecule has 1 saturated heterocycles. The number of rotatable bonds is 3. The van der Waals surface area contributed by atoms with Gasteiger partial charge in [-0.3, -0.25) is 0 Å². The number of nitrogens with one attached hydrogen (secondary N) is 1. The van der Waals surface area contributed by atoms with E-state index in [0.717, 1.165) is 30.2 Å². The van der Waals surface area contributed by atoms with E-state index in [1.807, 2.05) is 0 Å². The van der Waals surface area contributed by atoms with E-state index in [9.17, 15) is 0 Å². The molecule has 1 unspecified atom stereocenters. The first-order valence-corrected chi connectivity index (χ1v) is 8.70. The minimum Gasteiger partial charge on any atom is -0.495 e. The van der Waals surface area contributed by atoms with Gasteiger partial charge in [-0.15, -0.1) is 0 Å². The third-order valence-corrected chi connectivity index (χ3v) is 5.58. The Morgan fingerprint density at radius 1 is 1.14 bits per heavy atom. The number of hydrogen-bond acceptors (Lipinski definition) is 2. The lowest BCUT2D eigenvalue weighted by Gasteiger charge is -2.28. The van der Waals surface area contributed by atoms with E-state index in [2.05, 4.69) is 12.2 Å². The molecule has 1 N–H and O–H groups in total. The van der Waals surface area contributed by atoms with E-state index >= 15 is 0 Å². The third-order valence-electron chi connectivity index (χ3n) is 5.18. The summed E-state index contributed by atoms with van der Waals surface area (Å²) in [5, 5.41) is 4.53.